The molecule has 0 unspecified atom stereocenters. The highest BCUT2D eigenvalue weighted by molar-refractivity contribution is 6.07. The Balaban J connectivity index is 1.78. The molecule has 106 valence electrons. The maximum atomic E-state index is 12.3. The molecule has 0 fully saturated rings. The Morgan fingerprint density at radius 3 is 2.90 bits per heavy atom. The van der Waals surface area contributed by atoms with Crippen molar-refractivity contribution in [3.63, 3.8) is 0 Å². The fourth-order valence-corrected chi connectivity index (χ4v) is 2.43. The summed E-state index contributed by atoms with van der Waals surface area (Å²) in [6, 6.07) is 13.6. The van der Waals surface area contributed by atoms with Crippen LogP contribution >= 0.6 is 0 Å². The number of hydrogen-bond acceptors (Lipinski definition) is 2. The second kappa shape index (κ2) is 5.32. The van der Waals surface area contributed by atoms with Gasteiger partial charge in [0.2, 0.25) is 0 Å². The number of fused-ring (bicyclic) bond motifs is 1. The van der Waals surface area contributed by atoms with Crippen molar-refractivity contribution in [2.45, 2.75) is 13.5 Å². The smallest absolute Gasteiger partial charge is 0.253 e. The van der Waals surface area contributed by atoms with Crippen LogP contribution in [0.15, 0.2) is 48.7 Å². The van der Waals surface area contributed by atoms with E-state index in [-0.39, 0.29) is 5.91 Å². The molecule has 0 aliphatic carbocycles. The summed E-state index contributed by atoms with van der Waals surface area (Å²) in [5.74, 6) is -0.0903. The van der Waals surface area contributed by atoms with Gasteiger partial charge in [0.15, 0.2) is 0 Å². The fourth-order valence-electron chi connectivity index (χ4n) is 2.43. The largest absolute Gasteiger partial charge is 0.399 e. The number of nitrogens with two attached hydrogens (primary N) is 1. The second-order valence-corrected chi connectivity index (χ2v) is 5.18. The van der Waals surface area contributed by atoms with Gasteiger partial charge in [-0.2, -0.15) is 0 Å². The molecule has 1 aromatic heterocycles. The highest BCUT2D eigenvalue weighted by Gasteiger charge is 2.11. The lowest BCUT2D eigenvalue weighted by Crippen LogP contribution is -2.22. The first-order chi connectivity index (χ1) is 10.1. The number of rotatable bonds is 3. The van der Waals surface area contributed by atoms with Gasteiger partial charge in [-0.1, -0.05) is 29.8 Å². The van der Waals surface area contributed by atoms with Gasteiger partial charge in [-0.25, -0.2) is 0 Å². The number of aryl methyl sites for hydroxylation is 1. The van der Waals surface area contributed by atoms with Gasteiger partial charge in [-0.15, -0.1) is 0 Å². The minimum Gasteiger partial charge on any atom is -0.399 e. The van der Waals surface area contributed by atoms with Crippen LogP contribution in [0.25, 0.3) is 10.9 Å². The lowest BCUT2D eigenvalue weighted by atomic mass is 10.1. The number of aromatic nitrogens is 1. The van der Waals surface area contributed by atoms with Gasteiger partial charge in [0.25, 0.3) is 5.91 Å². The Labute approximate surface area is 123 Å². The Morgan fingerprint density at radius 1 is 1.24 bits per heavy atom. The van der Waals surface area contributed by atoms with E-state index in [0.717, 1.165) is 16.5 Å². The third-order valence-electron chi connectivity index (χ3n) is 3.49. The average Bonchev–Trinajstić information content (AvgIpc) is 2.88. The number of aromatic amines is 1. The van der Waals surface area contributed by atoms with Crippen molar-refractivity contribution in [3.8, 4) is 0 Å². The standard InChI is InChI=1S/C17H17N3O/c1-11-3-2-4-12(7-11)9-20-17(21)15-10-19-16-8-13(18)5-6-14(15)16/h2-8,10,19H,9,18H2,1H3,(H,20,21). The lowest BCUT2D eigenvalue weighted by molar-refractivity contribution is 0.0952. The molecule has 0 radical (unpaired) electrons. The van der Waals surface area contributed by atoms with E-state index in [0.29, 0.717) is 17.8 Å². The minimum absolute atomic E-state index is 0.0903. The Morgan fingerprint density at radius 2 is 2.10 bits per heavy atom. The third kappa shape index (κ3) is 2.74. The van der Waals surface area contributed by atoms with Crippen molar-refractivity contribution in [3.05, 3.63) is 65.4 Å². The van der Waals surface area contributed by atoms with E-state index in [1.54, 1.807) is 12.3 Å². The van der Waals surface area contributed by atoms with Crippen LogP contribution in [0.3, 0.4) is 0 Å². The van der Waals surface area contributed by atoms with E-state index in [1.807, 2.05) is 37.3 Å². The monoisotopic (exact) mass is 279 g/mol. The maximum absolute atomic E-state index is 12.3. The molecule has 0 spiro atoms. The number of carbonyl (C=O) groups excluding carboxylic acids is 1. The molecule has 2 aromatic carbocycles. The lowest BCUT2D eigenvalue weighted by Gasteiger charge is -2.05. The second-order valence-electron chi connectivity index (χ2n) is 5.18. The third-order valence-corrected chi connectivity index (χ3v) is 3.49. The van der Waals surface area contributed by atoms with Crippen molar-refractivity contribution in [2.24, 2.45) is 0 Å². The fraction of sp³-hybridized carbons (Fsp3) is 0.118. The first-order valence-corrected chi connectivity index (χ1v) is 6.84. The zero-order chi connectivity index (χ0) is 14.8. The zero-order valence-corrected chi connectivity index (χ0v) is 11.8. The van der Waals surface area contributed by atoms with Gasteiger partial charge in [-0.05, 0) is 30.7 Å². The number of anilines is 1. The van der Waals surface area contributed by atoms with Crippen LogP contribution < -0.4 is 11.1 Å². The average molecular weight is 279 g/mol. The van der Waals surface area contributed by atoms with Crippen LogP contribution in [0.4, 0.5) is 5.69 Å². The predicted molar refractivity (Wildman–Crippen MR) is 85.1 cm³/mol. The number of benzene rings is 2. The summed E-state index contributed by atoms with van der Waals surface area (Å²) in [7, 11) is 0. The summed E-state index contributed by atoms with van der Waals surface area (Å²) in [6.45, 7) is 2.55. The normalized spacial score (nSPS) is 10.7. The molecular weight excluding hydrogens is 262 g/mol. The Bertz CT molecular complexity index is 805. The van der Waals surface area contributed by atoms with Crippen molar-refractivity contribution < 1.29 is 4.79 Å². The molecule has 0 aliphatic rings. The molecule has 4 N–H and O–H groups in total. The van der Waals surface area contributed by atoms with E-state index < -0.39 is 0 Å². The molecule has 21 heavy (non-hydrogen) atoms. The summed E-state index contributed by atoms with van der Waals surface area (Å²) in [5.41, 5.74) is 10.2. The van der Waals surface area contributed by atoms with E-state index in [1.165, 1.54) is 5.56 Å². The first kappa shape index (κ1) is 13.2. The molecule has 1 amide bonds. The summed E-state index contributed by atoms with van der Waals surface area (Å²) in [4.78, 5) is 15.4. The molecule has 4 nitrogen and oxygen atoms in total. The van der Waals surface area contributed by atoms with Gasteiger partial charge in [0.1, 0.15) is 0 Å². The number of nitrogens with one attached hydrogen (secondary N) is 2. The van der Waals surface area contributed by atoms with Crippen molar-refractivity contribution in [2.75, 3.05) is 5.73 Å². The van der Waals surface area contributed by atoms with Crippen molar-refractivity contribution >= 4 is 22.5 Å². The summed E-state index contributed by atoms with van der Waals surface area (Å²) in [5, 5.41) is 3.83. The van der Waals surface area contributed by atoms with Gasteiger partial charge in [0.05, 0.1) is 5.56 Å². The van der Waals surface area contributed by atoms with Crippen LogP contribution in [0.1, 0.15) is 21.5 Å². The van der Waals surface area contributed by atoms with Gasteiger partial charge >= 0.3 is 0 Å². The molecule has 0 saturated carbocycles. The number of nitrogen functional groups attached to an aromatic ring is 1. The van der Waals surface area contributed by atoms with E-state index in [2.05, 4.69) is 16.4 Å². The molecule has 3 rings (SSSR count). The molecule has 0 aliphatic heterocycles. The predicted octanol–water partition coefficient (Wildman–Crippen LogP) is 2.99. The molecule has 0 atom stereocenters. The van der Waals surface area contributed by atoms with Gasteiger partial charge < -0.3 is 16.0 Å². The highest BCUT2D eigenvalue weighted by atomic mass is 16.1. The van der Waals surface area contributed by atoms with Crippen molar-refractivity contribution in [1.82, 2.24) is 10.3 Å². The van der Waals surface area contributed by atoms with E-state index in [9.17, 15) is 4.79 Å². The molecular formula is C17H17N3O. The number of carbonyl (C=O) groups is 1. The van der Waals surface area contributed by atoms with E-state index >= 15 is 0 Å². The SMILES string of the molecule is Cc1cccc(CNC(=O)c2c[nH]c3cc(N)ccc23)c1. The molecule has 1 heterocycles. The summed E-state index contributed by atoms with van der Waals surface area (Å²) >= 11 is 0. The van der Waals surface area contributed by atoms with E-state index in [4.69, 9.17) is 5.73 Å². The Kier molecular flexibility index (Phi) is 3.36. The highest BCUT2D eigenvalue weighted by Crippen LogP contribution is 2.20. The molecule has 3 aromatic rings. The molecule has 0 bridgehead atoms. The quantitative estimate of drug-likeness (QED) is 0.645. The van der Waals surface area contributed by atoms with Gasteiger partial charge in [-0.3, -0.25) is 4.79 Å². The molecule has 0 saturated heterocycles. The zero-order valence-electron chi connectivity index (χ0n) is 11.8. The van der Waals surface area contributed by atoms with Crippen molar-refractivity contribution in [1.29, 1.82) is 0 Å². The van der Waals surface area contributed by atoms with Crippen LogP contribution in [-0.2, 0) is 6.54 Å². The minimum atomic E-state index is -0.0903. The molecule has 4 heteroatoms. The van der Waals surface area contributed by atoms with Gasteiger partial charge in [0, 0.05) is 29.3 Å². The number of hydrogen-bond donors (Lipinski definition) is 3. The summed E-state index contributed by atoms with van der Waals surface area (Å²) in [6.07, 6.45) is 1.72. The van der Waals surface area contributed by atoms with Crippen LogP contribution in [0, 0.1) is 6.92 Å². The summed E-state index contributed by atoms with van der Waals surface area (Å²) < 4.78 is 0. The first-order valence-electron chi connectivity index (χ1n) is 6.84. The van der Waals surface area contributed by atoms with Crippen LogP contribution in [-0.4, -0.2) is 10.9 Å². The topological polar surface area (TPSA) is 70.9 Å². The Hall–Kier alpha value is -2.75. The van der Waals surface area contributed by atoms with Crippen LogP contribution in [0.2, 0.25) is 0 Å². The maximum Gasteiger partial charge on any atom is 0.253 e. The number of H-pyrrole nitrogens is 1. The van der Waals surface area contributed by atoms with Crippen LogP contribution in [0.5, 0.6) is 0 Å². The number of amides is 1.